The number of H-pyrrole nitrogens is 1. The molecule has 7 heteroatoms. The van der Waals surface area contributed by atoms with Gasteiger partial charge >= 0.3 is 0 Å². The van der Waals surface area contributed by atoms with Crippen LogP contribution in [0.4, 0.5) is 17.6 Å². The predicted octanol–water partition coefficient (Wildman–Crippen LogP) is 1.79. The second-order valence-electron chi connectivity index (χ2n) is 3.13. The Morgan fingerprint density at radius 1 is 1.00 bits per heavy atom. The fourth-order valence-corrected chi connectivity index (χ4v) is 1.35. The molecule has 1 aromatic heterocycles. The molecule has 0 atom stereocenters. The van der Waals surface area contributed by atoms with E-state index >= 15 is 0 Å². The van der Waals surface area contributed by atoms with Crippen LogP contribution in [0, 0.1) is 30.2 Å². The zero-order chi connectivity index (χ0) is 12.0. The molecule has 0 saturated carbocycles. The number of fused-ring (bicyclic) bond motifs is 1. The molecule has 0 radical (unpaired) electrons. The molecule has 0 unspecified atom stereocenters. The van der Waals surface area contributed by atoms with E-state index in [0.717, 1.165) is 0 Å². The molecule has 0 fully saturated rings. The Kier molecular flexibility index (Phi) is 2.18. The zero-order valence-corrected chi connectivity index (χ0v) is 7.87. The molecule has 2 rings (SSSR count). The van der Waals surface area contributed by atoms with Crippen molar-refractivity contribution in [3.8, 4) is 0 Å². The van der Waals surface area contributed by atoms with Crippen molar-refractivity contribution in [3.05, 3.63) is 39.4 Å². The second kappa shape index (κ2) is 3.29. The largest absolute Gasteiger partial charge is 0.310 e. The van der Waals surface area contributed by atoms with Crippen molar-refractivity contribution in [1.82, 2.24) is 9.97 Å². The number of aromatic nitrogens is 2. The summed E-state index contributed by atoms with van der Waals surface area (Å²) < 4.78 is 52.1. The lowest BCUT2D eigenvalue weighted by molar-refractivity contribution is 0.416. The predicted molar refractivity (Wildman–Crippen MR) is 46.9 cm³/mol. The lowest BCUT2D eigenvalue weighted by Crippen LogP contribution is -2.14. The van der Waals surface area contributed by atoms with Crippen molar-refractivity contribution in [2.24, 2.45) is 0 Å². The van der Waals surface area contributed by atoms with Gasteiger partial charge in [0.2, 0.25) is 0 Å². The highest BCUT2D eigenvalue weighted by Gasteiger charge is 2.23. The maximum Gasteiger partial charge on any atom is 0.261 e. The Bertz CT molecular complexity index is 650. The van der Waals surface area contributed by atoms with Gasteiger partial charge in [-0.1, -0.05) is 0 Å². The van der Waals surface area contributed by atoms with Crippen LogP contribution in [-0.2, 0) is 0 Å². The van der Waals surface area contributed by atoms with Gasteiger partial charge in [0.1, 0.15) is 16.7 Å². The van der Waals surface area contributed by atoms with E-state index in [1.54, 1.807) is 0 Å². The molecule has 0 aliphatic rings. The van der Waals surface area contributed by atoms with Gasteiger partial charge in [0, 0.05) is 0 Å². The van der Waals surface area contributed by atoms with Crippen LogP contribution < -0.4 is 5.56 Å². The Morgan fingerprint density at radius 2 is 1.56 bits per heavy atom. The van der Waals surface area contributed by atoms with E-state index in [4.69, 9.17) is 0 Å². The summed E-state index contributed by atoms with van der Waals surface area (Å²) in [5, 5.41) is -0.929. The molecule has 1 N–H and O–H groups in total. The van der Waals surface area contributed by atoms with Crippen LogP contribution in [0.25, 0.3) is 10.9 Å². The third-order valence-electron chi connectivity index (χ3n) is 2.04. The summed E-state index contributed by atoms with van der Waals surface area (Å²) in [6, 6.07) is 0. The summed E-state index contributed by atoms with van der Waals surface area (Å²) in [4.78, 5) is 16.7. The summed E-state index contributed by atoms with van der Waals surface area (Å²) in [7, 11) is 0. The van der Waals surface area contributed by atoms with E-state index < -0.39 is 39.7 Å². The van der Waals surface area contributed by atoms with Crippen LogP contribution in [0.15, 0.2) is 4.79 Å². The number of nitrogens with one attached hydrogen (secondary N) is 1. The fraction of sp³-hybridized carbons (Fsp3) is 0.111. The average Bonchev–Trinajstić information content (AvgIpc) is 2.22. The molecule has 2 aromatic rings. The van der Waals surface area contributed by atoms with Gasteiger partial charge in [-0.15, -0.1) is 0 Å². The number of rotatable bonds is 0. The SMILES string of the molecule is Cc1nc2c(F)c(F)c(F)c(F)c2c(=O)[nH]1. The third kappa shape index (κ3) is 1.28. The van der Waals surface area contributed by atoms with E-state index in [2.05, 4.69) is 9.97 Å². The van der Waals surface area contributed by atoms with Crippen molar-refractivity contribution in [2.45, 2.75) is 6.92 Å². The number of halogens is 4. The minimum Gasteiger partial charge on any atom is -0.310 e. The number of hydrogen-bond donors (Lipinski definition) is 1. The molecule has 84 valence electrons. The molecular weight excluding hydrogens is 228 g/mol. The summed E-state index contributed by atoms with van der Waals surface area (Å²) >= 11 is 0. The maximum atomic E-state index is 13.2. The van der Waals surface area contributed by atoms with E-state index in [1.807, 2.05) is 0 Å². The average molecular weight is 232 g/mol. The van der Waals surface area contributed by atoms with Gasteiger partial charge in [0.05, 0.1) is 0 Å². The topological polar surface area (TPSA) is 45.8 Å². The van der Waals surface area contributed by atoms with Gasteiger partial charge in [-0.25, -0.2) is 22.5 Å². The van der Waals surface area contributed by atoms with Crippen molar-refractivity contribution in [1.29, 1.82) is 0 Å². The molecular formula is C9H4F4N2O. The first-order chi connectivity index (χ1) is 7.43. The van der Waals surface area contributed by atoms with Crippen LogP contribution in [0.2, 0.25) is 0 Å². The van der Waals surface area contributed by atoms with Gasteiger partial charge in [0.25, 0.3) is 5.56 Å². The highest BCUT2D eigenvalue weighted by atomic mass is 19.2. The van der Waals surface area contributed by atoms with Crippen LogP contribution in [0.1, 0.15) is 5.82 Å². The number of aromatic amines is 1. The molecule has 1 heterocycles. The molecule has 0 amide bonds. The minimum atomic E-state index is -2.03. The van der Waals surface area contributed by atoms with Crippen molar-refractivity contribution in [3.63, 3.8) is 0 Å². The monoisotopic (exact) mass is 232 g/mol. The number of hydrogen-bond acceptors (Lipinski definition) is 2. The van der Waals surface area contributed by atoms with Crippen molar-refractivity contribution < 1.29 is 17.6 Å². The van der Waals surface area contributed by atoms with Crippen LogP contribution in [-0.4, -0.2) is 9.97 Å². The quantitative estimate of drug-likeness (QED) is 0.427. The molecule has 0 aliphatic heterocycles. The lowest BCUT2D eigenvalue weighted by atomic mass is 10.2. The van der Waals surface area contributed by atoms with Gasteiger partial charge in [0.15, 0.2) is 23.3 Å². The zero-order valence-electron chi connectivity index (χ0n) is 7.87. The first-order valence-electron chi connectivity index (χ1n) is 4.16. The summed E-state index contributed by atoms with van der Waals surface area (Å²) in [5.41, 5.74) is -1.88. The minimum absolute atomic E-state index is 0.0261. The highest BCUT2D eigenvalue weighted by Crippen LogP contribution is 2.22. The summed E-state index contributed by atoms with van der Waals surface area (Å²) in [6.07, 6.45) is 0. The van der Waals surface area contributed by atoms with Crippen LogP contribution in [0.5, 0.6) is 0 Å². The summed E-state index contributed by atoms with van der Waals surface area (Å²) in [6.45, 7) is 1.31. The van der Waals surface area contributed by atoms with Crippen molar-refractivity contribution in [2.75, 3.05) is 0 Å². The molecule has 0 bridgehead atoms. The number of nitrogens with zero attached hydrogens (tertiary/aromatic N) is 1. The first kappa shape index (κ1) is 10.6. The highest BCUT2D eigenvalue weighted by molar-refractivity contribution is 5.79. The lowest BCUT2D eigenvalue weighted by Gasteiger charge is -2.03. The molecule has 1 aromatic carbocycles. The Labute approximate surface area is 85.7 Å². The Morgan fingerprint density at radius 3 is 2.19 bits per heavy atom. The van der Waals surface area contributed by atoms with Crippen LogP contribution in [0.3, 0.4) is 0 Å². The standard InChI is InChI=1S/C9H4F4N2O/c1-2-14-8-3(9(16)15-2)4(10)5(11)6(12)7(8)13/h1H3,(H,14,15,16). The number of aryl methyl sites for hydroxylation is 1. The smallest absolute Gasteiger partial charge is 0.261 e. The van der Waals surface area contributed by atoms with Crippen molar-refractivity contribution >= 4 is 10.9 Å². The van der Waals surface area contributed by atoms with E-state index in [1.165, 1.54) is 6.92 Å². The Balaban J connectivity index is 3.15. The summed E-state index contributed by atoms with van der Waals surface area (Å²) in [5.74, 6) is -7.46. The van der Waals surface area contributed by atoms with Gasteiger partial charge in [-0.3, -0.25) is 4.79 Å². The molecule has 0 spiro atoms. The molecule has 0 aliphatic carbocycles. The number of benzene rings is 1. The van der Waals surface area contributed by atoms with E-state index in [-0.39, 0.29) is 5.82 Å². The van der Waals surface area contributed by atoms with Gasteiger partial charge < -0.3 is 4.98 Å². The normalized spacial score (nSPS) is 11.1. The molecule has 16 heavy (non-hydrogen) atoms. The Hall–Kier alpha value is -1.92. The third-order valence-corrected chi connectivity index (χ3v) is 2.04. The van der Waals surface area contributed by atoms with Gasteiger partial charge in [-0.2, -0.15) is 0 Å². The fourth-order valence-electron chi connectivity index (χ4n) is 1.35. The molecule has 0 saturated heterocycles. The van der Waals surface area contributed by atoms with Crippen LogP contribution >= 0.6 is 0 Å². The van der Waals surface area contributed by atoms with Gasteiger partial charge in [-0.05, 0) is 6.92 Å². The second-order valence-corrected chi connectivity index (χ2v) is 3.13. The molecule has 3 nitrogen and oxygen atoms in total. The first-order valence-corrected chi connectivity index (χ1v) is 4.16. The van der Waals surface area contributed by atoms with E-state index in [9.17, 15) is 22.4 Å². The van der Waals surface area contributed by atoms with E-state index in [0.29, 0.717) is 0 Å². The maximum absolute atomic E-state index is 13.2.